The Balaban J connectivity index is 2.39. The summed E-state index contributed by atoms with van der Waals surface area (Å²) in [7, 11) is 0. The van der Waals surface area contributed by atoms with Crippen LogP contribution in [0.3, 0.4) is 0 Å². The van der Waals surface area contributed by atoms with Crippen molar-refractivity contribution >= 4 is 35.5 Å². The molecule has 1 aromatic heterocycles. The van der Waals surface area contributed by atoms with Crippen LogP contribution in [-0.4, -0.2) is 28.6 Å². The smallest absolute Gasteiger partial charge is 0.359 e. The number of nitrogens with zero attached hydrogens (tertiary/aromatic N) is 2. The van der Waals surface area contributed by atoms with E-state index in [0.29, 0.717) is 11.3 Å². The van der Waals surface area contributed by atoms with Crippen LogP contribution >= 0.6 is 23.2 Å². The molecule has 0 spiro atoms. The minimum absolute atomic E-state index is 0.0159. The lowest BCUT2D eigenvalue weighted by molar-refractivity contribution is 0.0516. The molecule has 0 radical (unpaired) electrons. The van der Waals surface area contributed by atoms with Gasteiger partial charge in [-0.2, -0.15) is 5.10 Å². The summed E-state index contributed by atoms with van der Waals surface area (Å²) in [6.45, 7) is 2.10. The lowest BCUT2D eigenvalue weighted by Crippen LogP contribution is -2.09. The normalized spacial score (nSPS) is 10.4. The maximum atomic E-state index is 11.8. The number of ether oxygens (including phenoxy) is 1. The Labute approximate surface area is 131 Å². The molecule has 0 amide bonds. The molecule has 110 valence electrons. The quantitative estimate of drug-likeness (QED) is 0.625. The Morgan fingerprint density at radius 3 is 2.71 bits per heavy atom. The fourth-order valence-electron chi connectivity index (χ4n) is 1.80. The van der Waals surface area contributed by atoms with Crippen LogP contribution in [0.4, 0.5) is 0 Å². The monoisotopic (exact) mass is 326 g/mol. The molecule has 2 rings (SSSR count). The summed E-state index contributed by atoms with van der Waals surface area (Å²) >= 11 is 12.2. The highest BCUT2D eigenvalue weighted by atomic mass is 35.5. The number of hydrogen-bond acceptors (Lipinski definition) is 4. The third-order valence-corrected chi connectivity index (χ3v) is 3.56. The number of rotatable bonds is 5. The maximum absolute atomic E-state index is 11.8. The predicted octanol–water partition coefficient (Wildman–Crippen LogP) is 3.23. The molecule has 0 aliphatic carbocycles. The second kappa shape index (κ2) is 6.74. The van der Waals surface area contributed by atoms with Crippen molar-refractivity contribution in [1.29, 1.82) is 0 Å². The molecule has 0 aliphatic heterocycles. The van der Waals surface area contributed by atoms with Gasteiger partial charge in [-0.05, 0) is 18.6 Å². The third-order valence-electron chi connectivity index (χ3n) is 2.79. The number of halogens is 2. The summed E-state index contributed by atoms with van der Waals surface area (Å²) in [5, 5.41) is 4.68. The molecule has 1 aromatic carbocycles. The van der Waals surface area contributed by atoms with Gasteiger partial charge in [0.25, 0.3) is 0 Å². The van der Waals surface area contributed by atoms with Gasteiger partial charge in [-0.1, -0.05) is 41.4 Å². The first-order valence-electron chi connectivity index (χ1n) is 6.20. The van der Waals surface area contributed by atoms with Crippen molar-refractivity contribution in [2.24, 2.45) is 0 Å². The van der Waals surface area contributed by atoms with Gasteiger partial charge in [0, 0.05) is 5.02 Å². The van der Waals surface area contributed by atoms with Crippen LogP contribution in [0, 0.1) is 0 Å². The zero-order chi connectivity index (χ0) is 15.4. The van der Waals surface area contributed by atoms with Gasteiger partial charge in [-0.3, -0.25) is 4.79 Å². The number of hydrogen-bond donors (Lipinski definition) is 0. The van der Waals surface area contributed by atoms with Gasteiger partial charge in [0.2, 0.25) is 0 Å². The molecule has 0 aliphatic rings. The molecule has 0 saturated heterocycles. The number of carbonyl (C=O) groups is 2. The number of aromatic nitrogens is 2. The van der Waals surface area contributed by atoms with E-state index in [1.165, 1.54) is 4.68 Å². The largest absolute Gasteiger partial charge is 0.461 e. The molecule has 0 saturated carbocycles. The molecule has 7 heteroatoms. The van der Waals surface area contributed by atoms with Crippen molar-refractivity contribution in [1.82, 2.24) is 9.78 Å². The molecular formula is C14H12Cl2N2O3. The number of esters is 1. The molecule has 1 heterocycles. The highest BCUT2D eigenvalue weighted by Crippen LogP contribution is 2.23. The molecule has 0 unspecified atom stereocenters. The summed E-state index contributed by atoms with van der Waals surface area (Å²) in [5.74, 6) is -0.681. The van der Waals surface area contributed by atoms with E-state index < -0.39 is 5.97 Å². The van der Waals surface area contributed by atoms with E-state index in [9.17, 15) is 9.59 Å². The summed E-state index contributed by atoms with van der Waals surface area (Å²) < 4.78 is 6.20. The molecule has 0 N–H and O–H groups in total. The minimum atomic E-state index is -0.681. The van der Waals surface area contributed by atoms with Crippen molar-refractivity contribution in [2.75, 3.05) is 6.61 Å². The van der Waals surface area contributed by atoms with Crippen molar-refractivity contribution < 1.29 is 14.3 Å². The van der Waals surface area contributed by atoms with Gasteiger partial charge >= 0.3 is 5.97 Å². The number of carbonyl (C=O) groups excluding carboxylic acids is 2. The van der Waals surface area contributed by atoms with Crippen LogP contribution in [0.1, 0.15) is 33.3 Å². The maximum Gasteiger partial charge on any atom is 0.359 e. The van der Waals surface area contributed by atoms with Gasteiger partial charge < -0.3 is 4.74 Å². The third kappa shape index (κ3) is 3.25. The zero-order valence-electron chi connectivity index (χ0n) is 11.2. The fraction of sp³-hybridized carbons (Fsp3) is 0.214. The second-order valence-electron chi connectivity index (χ2n) is 4.14. The molecule has 0 fully saturated rings. The molecule has 21 heavy (non-hydrogen) atoms. The second-order valence-corrected chi connectivity index (χ2v) is 4.91. The van der Waals surface area contributed by atoms with Crippen LogP contribution in [0.25, 0.3) is 0 Å². The lowest BCUT2D eigenvalue weighted by atomic mass is 10.2. The van der Waals surface area contributed by atoms with Gasteiger partial charge in [-0.15, -0.1) is 0 Å². The van der Waals surface area contributed by atoms with Crippen LogP contribution in [0.5, 0.6) is 0 Å². The van der Waals surface area contributed by atoms with E-state index in [-0.39, 0.29) is 29.6 Å². The van der Waals surface area contributed by atoms with Gasteiger partial charge in [0.15, 0.2) is 12.0 Å². The van der Waals surface area contributed by atoms with Crippen LogP contribution in [-0.2, 0) is 11.3 Å². The number of aldehydes is 1. The number of benzene rings is 1. The van der Waals surface area contributed by atoms with Crippen LogP contribution in [0.2, 0.25) is 10.2 Å². The molecular weight excluding hydrogens is 315 g/mol. The van der Waals surface area contributed by atoms with E-state index >= 15 is 0 Å². The Morgan fingerprint density at radius 2 is 2.10 bits per heavy atom. The van der Waals surface area contributed by atoms with Crippen molar-refractivity contribution in [3.05, 3.63) is 51.3 Å². The van der Waals surface area contributed by atoms with Crippen LogP contribution in [0.15, 0.2) is 24.3 Å². The fourth-order valence-corrected chi connectivity index (χ4v) is 2.23. The first-order valence-corrected chi connectivity index (χ1v) is 6.96. The Bertz CT molecular complexity index is 683. The molecule has 0 atom stereocenters. The minimum Gasteiger partial charge on any atom is -0.461 e. The average Bonchev–Trinajstić information content (AvgIpc) is 2.78. The highest BCUT2D eigenvalue weighted by molar-refractivity contribution is 6.33. The van der Waals surface area contributed by atoms with E-state index in [1.807, 2.05) is 12.1 Å². The van der Waals surface area contributed by atoms with Gasteiger partial charge in [-0.25, -0.2) is 9.48 Å². The zero-order valence-corrected chi connectivity index (χ0v) is 12.7. The van der Waals surface area contributed by atoms with Gasteiger partial charge in [0.05, 0.1) is 18.7 Å². The van der Waals surface area contributed by atoms with E-state index in [2.05, 4.69) is 5.10 Å². The van der Waals surface area contributed by atoms with E-state index in [4.69, 9.17) is 27.9 Å². The first kappa shape index (κ1) is 15.5. The first-order chi connectivity index (χ1) is 10.1. The SMILES string of the molecule is CCOC(=O)c1nn(Cc2ccccc2Cl)c(Cl)c1C=O. The average molecular weight is 327 g/mol. The summed E-state index contributed by atoms with van der Waals surface area (Å²) in [6, 6.07) is 7.18. The van der Waals surface area contributed by atoms with E-state index in [0.717, 1.165) is 5.56 Å². The Morgan fingerprint density at radius 1 is 1.38 bits per heavy atom. The van der Waals surface area contributed by atoms with E-state index in [1.54, 1.807) is 19.1 Å². The molecule has 5 nitrogen and oxygen atoms in total. The summed E-state index contributed by atoms with van der Waals surface area (Å²) in [4.78, 5) is 22.9. The summed E-state index contributed by atoms with van der Waals surface area (Å²) in [5.41, 5.74) is 0.697. The standard InChI is InChI=1S/C14H12Cl2N2O3/c1-2-21-14(20)12-10(8-19)13(16)18(17-12)7-9-5-3-4-6-11(9)15/h3-6,8H,2,7H2,1H3. The van der Waals surface area contributed by atoms with Crippen molar-refractivity contribution in [2.45, 2.75) is 13.5 Å². The molecule has 0 bridgehead atoms. The van der Waals surface area contributed by atoms with Crippen molar-refractivity contribution in [3.8, 4) is 0 Å². The Hall–Kier alpha value is -1.85. The van der Waals surface area contributed by atoms with Crippen molar-refractivity contribution in [3.63, 3.8) is 0 Å². The van der Waals surface area contributed by atoms with Crippen LogP contribution < -0.4 is 0 Å². The highest BCUT2D eigenvalue weighted by Gasteiger charge is 2.23. The lowest BCUT2D eigenvalue weighted by Gasteiger charge is -2.05. The van der Waals surface area contributed by atoms with Gasteiger partial charge in [0.1, 0.15) is 5.15 Å². The molecule has 2 aromatic rings. The summed E-state index contributed by atoms with van der Waals surface area (Å²) in [6.07, 6.45) is 0.491. The predicted molar refractivity (Wildman–Crippen MR) is 79.1 cm³/mol. The Kier molecular flexibility index (Phi) is 4.98. The topological polar surface area (TPSA) is 61.2 Å².